The predicted octanol–water partition coefficient (Wildman–Crippen LogP) is 2.76. The molecule has 1 aromatic heterocycles. The van der Waals surface area contributed by atoms with Crippen LogP contribution < -0.4 is 10.1 Å². The molecule has 1 aromatic carbocycles. The van der Waals surface area contributed by atoms with E-state index in [-0.39, 0.29) is 11.9 Å². The molecule has 2 aliphatic heterocycles. The predicted molar refractivity (Wildman–Crippen MR) is 89.0 cm³/mol. The fourth-order valence-electron chi connectivity index (χ4n) is 3.48. The number of hydrogen-bond donors (Lipinski definition) is 1. The molecule has 2 fully saturated rings. The van der Waals surface area contributed by atoms with E-state index < -0.39 is 0 Å². The summed E-state index contributed by atoms with van der Waals surface area (Å²) < 4.78 is 5.66. The van der Waals surface area contributed by atoms with Gasteiger partial charge in [-0.05, 0) is 49.6 Å². The number of fused-ring (bicyclic) bond motifs is 2. The molecule has 2 saturated heterocycles. The summed E-state index contributed by atoms with van der Waals surface area (Å²) in [5.74, 6) is 1.47. The zero-order valence-corrected chi connectivity index (χ0v) is 13.6. The standard InChI is InChI=1S/C17H19N3O2S/c21-17(19-14-7-12-5-6-20(9-12)10-14)13-1-3-15(4-2-13)22-16-8-18-11-23-16/h1-4,8,11-12,14H,5-7,9-10H2,(H,19,21). The van der Waals surface area contributed by atoms with Gasteiger partial charge in [-0.3, -0.25) is 4.79 Å². The minimum Gasteiger partial charge on any atom is -0.445 e. The highest BCUT2D eigenvalue weighted by atomic mass is 32.1. The highest BCUT2D eigenvalue weighted by molar-refractivity contribution is 7.11. The van der Waals surface area contributed by atoms with Gasteiger partial charge in [0.1, 0.15) is 5.75 Å². The van der Waals surface area contributed by atoms with Gasteiger partial charge in [0.25, 0.3) is 5.91 Å². The van der Waals surface area contributed by atoms with Gasteiger partial charge in [-0.1, -0.05) is 11.3 Å². The van der Waals surface area contributed by atoms with Gasteiger partial charge >= 0.3 is 0 Å². The van der Waals surface area contributed by atoms with E-state index in [0.29, 0.717) is 11.3 Å². The number of carbonyl (C=O) groups excluding carboxylic acids is 1. The van der Waals surface area contributed by atoms with Crippen LogP contribution in [0, 0.1) is 5.92 Å². The van der Waals surface area contributed by atoms with Crippen molar-refractivity contribution >= 4 is 17.2 Å². The molecule has 3 unspecified atom stereocenters. The Morgan fingerprint density at radius 2 is 2.17 bits per heavy atom. The number of aromatic nitrogens is 1. The van der Waals surface area contributed by atoms with Crippen LogP contribution in [0.5, 0.6) is 10.8 Å². The monoisotopic (exact) mass is 329 g/mol. The Hall–Kier alpha value is -1.92. The first-order chi connectivity index (χ1) is 11.3. The Morgan fingerprint density at radius 3 is 2.91 bits per heavy atom. The molecule has 6 heteroatoms. The van der Waals surface area contributed by atoms with E-state index in [0.717, 1.165) is 23.9 Å². The Bertz CT molecular complexity index is 660. The van der Waals surface area contributed by atoms with Crippen LogP contribution in [0.2, 0.25) is 0 Å². The van der Waals surface area contributed by atoms with Crippen LogP contribution in [-0.4, -0.2) is 41.5 Å². The van der Waals surface area contributed by atoms with Gasteiger partial charge in [0.15, 0.2) is 0 Å². The van der Waals surface area contributed by atoms with Crippen LogP contribution >= 0.6 is 11.3 Å². The zero-order valence-electron chi connectivity index (χ0n) is 12.8. The molecule has 4 rings (SSSR count). The lowest BCUT2D eigenvalue weighted by Crippen LogP contribution is -2.46. The lowest BCUT2D eigenvalue weighted by molar-refractivity contribution is 0.0909. The molecule has 0 aliphatic carbocycles. The number of rotatable bonds is 4. The molecule has 2 aromatic rings. The van der Waals surface area contributed by atoms with Crippen LogP contribution in [-0.2, 0) is 0 Å². The summed E-state index contributed by atoms with van der Waals surface area (Å²) in [6.45, 7) is 3.37. The largest absolute Gasteiger partial charge is 0.445 e. The molecule has 0 spiro atoms. The molecule has 23 heavy (non-hydrogen) atoms. The maximum Gasteiger partial charge on any atom is 0.251 e. The Labute approximate surface area is 139 Å². The van der Waals surface area contributed by atoms with E-state index in [1.54, 1.807) is 11.7 Å². The van der Waals surface area contributed by atoms with Crippen molar-refractivity contribution < 1.29 is 9.53 Å². The average molecular weight is 329 g/mol. The number of thiazole rings is 1. The van der Waals surface area contributed by atoms with Crippen LogP contribution in [0.1, 0.15) is 23.2 Å². The fourth-order valence-corrected chi connectivity index (χ4v) is 3.97. The van der Waals surface area contributed by atoms with Crippen molar-refractivity contribution in [1.82, 2.24) is 15.2 Å². The Kier molecular flexibility index (Phi) is 4.01. The summed E-state index contributed by atoms with van der Waals surface area (Å²) in [5, 5.41) is 3.92. The molecule has 1 N–H and O–H groups in total. The minimum atomic E-state index is 0.00170. The van der Waals surface area contributed by atoms with Crippen LogP contribution in [0.25, 0.3) is 0 Å². The van der Waals surface area contributed by atoms with Crippen LogP contribution in [0.15, 0.2) is 36.0 Å². The summed E-state index contributed by atoms with van der Waals surface area (Å²) >= 11 is 1.44. The van der Waals surface area contributed by atoms with Crippen molar-refractivity contribution in [1.29, 1.82) is 0 Å². The topological polar surface area (TPSA) is 54.5 Å². The molecule has 1 amide bonds. The van der Waals surface area contributed by atoms with Crippen molar-refractivity contribution in [2.24, 2.45) is 5.92 Å². The maximum absolute atomic E-state index is 12.4. The number of piperidine rings is 1. The first-order valence-electron chi connectivity index (χ1n) is 7.96. The fraction of sp³-hybridized carbons (Fsp3) is 0.412. The van der Waals surface area contributed by atoms with Crippen LogP contribution in [0.3, 0.4) is 0 Å². The van der Waals surface area contributed by atoms with Crippen molar-refractivity contribution in [3.8, 4) is 10.8 Å². The number of carbonyl (C=O) groups is 1. The molecule has 2 bridgehead atoms. The highest BCUT2D eigenvalue weighted by Crippen LogP contribution is 2.27. The number of amides is 1. The lowest BCUT2D eigenvalue weighted by Gasteiger charge is -2.30. The van der Waals surface area contributed by atoms with Crippen molar-refractivity contribution in [2.75, 3.05) is 19.6 Å². The van der Waals surface area contributed by atoms with Gasteiger partial charge in [-0.25, -0.2) is 4.98 Å². The number of nitrogens with zero attached hydrogens (tertiary/aromatic N) is 2. The molecule has 0 radical (unpaired) electrons. The number of hydrogen-bond acceptors (Lipinski definition) is 5. The lowest BCUT2D eigenvalue weighted by atomic mass is 9.96. The van der Waals surface area contributed by atoms with Crippen molar-refractivity contribution in [3.05, 3.63) is 41.5 Å². The van der Waals surface area contributed by atoms with Gasteiger partial charge in [0.05, 0.1) is 11.7 Å². The molecular formula is C17H19N3O2S. The van der Waals surface area contributed by atoms with Crippen molar-refractivity contribution in [3.63, 3.8) is 0 Å². The van der Waals surface area contributed by atoms with E-state index in [9.17, 15) is 4.79 Å². The summed E-state index contributed by atoms with van der Waals surface area (Å²) in [6.07, 6.45) is 4.06. The molecule has 0 saturated carbocycles. The van der Waals surface area contributed by atoms with Gasteiger partial charge in [-0.2, -0.15) is 0 Å². The number of nitrogens with one attached hydrogen (secondary N) is 1. The number of ether oxygens (including phenoxy) is 1. The van der Waals surface area contributed by atoms with Gasteiger partial charge in [0.2, 0.25) is 5.06 Å². The highest BCUT2D eigenvalue weighted by Gasteiger charge is 2.32. The normalized spacial score (nSPS) is 26.0. The summed E-state index contributed by atoms with van der Waals surface area (Å²) in [4.78, 5) is 18.8. The van der Waals surface area contributed by atoms with E-state index in [1.807, 2.05) is 24.3 Å². The first-order valence-corrected chi connectivity index (χ1v) is 8.84. The zero-order chi connectivity index (χ0) is 15.6. The smallest absolute Gasteiger partial charge is 0.251 e. The van der Waals surface area contributed by atoms with E-state index in [4.69, 9.17) is 4.74 Å². The molecule has 120 valence electrons. The van der Waals surface area contributed by atoms with Crippen LogP contribution in [0.4, 0.5) is 0 Å². The van der Waals surface area contributed by atoms with Gasteiger partial charge < -0.3 is 15.0 Å². The summed E-state index contributed by atoms with van der Waals surface area (Å²) in [5.41, 5.74) is 2.40. The molecule has 2 aliphatic rings. The summed E-state index contributed by atoms with van der Waals surface area (Å²) in [7, 11) is 0. The van der Waals surface area contributed by atoms with Crippen molar-refractivity contribution in [2.45, 2.75) is 18.9 Å². The second-order valence-electron chi connectivity index (χ2n) is 6.27. The number of benzene rings is 1. The Morgan fingerprint density at radius 1 is 1.30 bits per heavy atom. The molecule has 3 heterocycles. The second kappa shape index (κ2) is 6.29. The SMILES string of the molecule is O=C(NC1CC2CCN(C2)C1)c1ccc(Oc2cncs2)cc1. The minimum absolute atomic E-state index is 0.00170. The molecule has 5 nitrogen and oxygen atoms in total. The van der Waals surface area contributed by atoms with E-state index in [2.05, 4.69) is 15.2 Å². The average Bonchev–Trinajstić information content (AvgIpc) is 3.18. The third-order valence-corrected chi connectivity index (χ3v) is 5.19. The van der Waals surface area contributed by atoms with E-state index in [1.165, 1.54) is 30.8 Å². The summed E-state index contributed by atoms with van der Waals surface area (Å²) in [6, 6.07) is 7.54. The first kappa shape index (κ1) is 14.7. The van der Waals surface area contributed by atoms with Gasteiger partial charge in [0, 0.05) is 24.7 Å². The molecule has 3 atom stereocenters. The quantitative estimate of drug-likeness (QED) is 0.937. The maximum atomic E-state index is 12.4. The third kappa shape index (κ3) is 3.38. The third-order valence-electron chi connectivity index (χ3n) is 4.55. The second-order valence-corrected chi connectivity index (χ2v) is 7.12. The Balaban J connectivity index is 1.36. The van der Waals surface area contributed by atoms with Gasteiger partial charge in [-0.15, -0.1) is 0 Å². The van der Waals surface area contributed by atoms with E-state index >= 15 is 0 Å². The molecular weight excluding hydrogens is 310 g/mol.